The van der Waals surface area contributed by atoms with Gasteiger partial charge in [0, 0.05) is 15.7 Å². The molecule has 0 spiro atoms. The van der Waals surface area contributed by atoms with Crippen LogP contribution in [0.4, 0.5) is 5.69 Å². The van der Waals surface area contributed by atoms with Gasteiger partial charge in [-0.25, -0.2) is 0 Å². The molecule has 0 radical (unpaired) electrons. The van der Waals surface area contributed by atoms with E-state index in [-0.39, 0.29) is 11.4 Å². The van der Waals surface area contributed by atoms with Gasteiger partial charge in [-0.2, -0.15) is 0 Å². The third kappa shape index (κ3) is 4.62. The van der Waals surface area contributed by atoms with Crippen LogP contribution in [0.5, 0.6) is 0 Å². The van der Waals surface area contributed by atoms with E-state index in [9.17, 15) is 4.79 Å². The summed E-state index contributed by atoms with van der Waals surface area (Å²) in [5, 5.41) is 6.32. The Hall–Kier alpha value is -0.870. The van der Waals surface area contributed by atoms with Crippen molar-refractivity contribution >= 4 is 27.5 Å². The van der Waals surface area contributed by atoms with Crippen LogP contribution < -0.4 is 10.6 Å². The highest BCUT2D eigenvalue weighted by Gasteiger charge is 2.26. The number of amides is 1. The second-order valence-corrected chi connectivity index (χ2v) is 6.45. The number of carbonyl (C=O) groups excluding carboxylic acids is 1. The smallest absolute Gasteiger partial charge is 0.238 e. The van der Waals surface area contributed by atoms with Crippen molar-refractivity contribution in [3.8, 4) is 0 Å². The maximum absolute atomic E-state index is 11.9. The van der Waals surface area contributed by atoms with E-state index >= 15 is 0 Å². The molecule has 0 aromatic heterocycles. The van der Waals surface area contributed by atoms with Crippen LogP contribution in [-0.4, -0.2) is 18.0 Å². The molecule has 1 saturated carbocycles. The van der Waals surface area contributed by atoms with Crippen molar-refractivity contribution in [3.63, 3.8) is 0 Å². The van der Waals surface area contributed by atoms with Gasteiger partial charge in [-0.05, 0) is 38.0 Å². The van der Waals surface area contributed by atoms with Gasteiger partial charge in [0.2, 0.25) is 5.91 Å². The largest absolute Gasteiger partial charge is 0.325 e. The Morgan fingerprint density at radius 1 is 1.32 bits per heavy atom. The number of halogens is 1. The van der Waals surface area contributed by atoms with E-state index in [2.05, 4.69) is 33.5 Å². The summed E-state index contributed by atoms with van der Waals surface area (Å²) in [7, 11) is 0. The Kier molecular flexibility index (Phi) is 4.99. The summed E-state index contributed by atoms with van der Waals surface area (Å²) in [5.74, 6) is 0.0184. The van der Waals surface area contributed by atoms with Crippen molar-refractivity contribution in [1.82, 2.24) is 5.32 Å². The number of anilines is 1. The van der Waals surface area contributed by atoms with Gasteiger partial charge in [0.05, 0.1) is 6.54 Å². The Balaban J connectivity index is 1.81. The van der Waals surface area contributed by atoms with Crippen LogP contribution in [0.25, 0.3) is 0 Å². The number of nitrogens with one attached hydrogen (secondary N) is 2. The first-order chi connectivity index (χ1) is 9.07. The molecular weight excluding hydrogens is 304 g/mol. The molecule has 0 bridgehead atoms. The third-order valence-corrected chi connectivity index (χ3v) is 4.23. The van der Waals surface area contributed by atoms with Crippen LogP contribution in [0, 0.1) is 0 Å². The lowest BCUT2D eigenvalue weighted by Crippen LogP contribution is -2.47. The van der Waals surface area contributed by atoms with Gasteiger partial charge < -0.3 is 10.6 Å². The molecule has 0 saturated heterocycles. The maximum atomic E-state index is 11.9. The molecule has 2 rings (SSSR count). The summed E-state index contributed by atoms with van der Waals surface area (Å²) >= 11 is 3.40. The number of hydrogen-bond acceptors (Lipinski definition) is 2. The van der Waals surface area contributed by atoms with Gasteiger partial charge in [0.15, 0.2) is 0 Å². The molecule has 3 nitrogen and oxygen atoms in total. The van der Waals surface area contributed by atoms with Gasteiger partial charge in [-0.15, -0.1) is 0 Å². The fourth-order valence-corrected chi connectivity index (χ4v) is 2.97. The number of rotatable bonds is 4. The lowest BCUT2D eigenvalue weighted by Gasteiger charge is -2.34. The molecule has 1 fully saturated rings. The molecule has 1 amide bonds. The number of hydrogen-bond donors (Lipinski definition) is 2. The normalized spacial score (nSPS) is 18.0. The van der Waals surface area contributed by atoms with Crippen LogP contribution in [0.2, 0.25) is 0 Å². The van der Waals surface area contributed by atoms with Crippen molar-refractivity contribution in [2.24, 2.45) is 0 Å². The van der Waals surface area contributed by atoms with Crippen molar-refractivity contribution in [1.29, 1.82) is 0 Å². The Bertz CT molecular complexity index is 442. The second kappa shape index (κ2) is 6.53. The van der Waals surface area contributed by atoms with Crippen molar-refractivity contribution in [2.45, 2.75) is 44.6 Å². The maximum Gasteiger partial charge on any atom is 0.238 e. The molecule has 0 unspecified atom stereocenters. The van der Waals surface area contributed by atoms with Crippen LogP contribution in [-0.2, 0) is 4.79 Å². The van der Waals surface area contributed by atoms with Gasteiger partial charge in [-0.3, -0.25) is 4.79 Å². The molecule has 0 aliphatic heterocycles. The molecule has 1 aliphatic carbocycles. The molecule has 19 heavy (non-hydrogen) atoms. The predicted octanol–water partition coefficient (Wildman–Crippen LogP) is 3.70. The molecule has 1 aromatic carbocycles. The minimum Gasteiger partial charge on any atom is -0.325 e. The quantitative estimate of drug-likeness (QED) is 0.886. The van der Waals surface area contributed by atoms with Crippen molar-refractivity contribution in [3.05, 3.63) is 28.7 Å². The third-order valence-electron chi connectivity index (χ3n) is 3.74. The highest BCUT2D eigenvalue weighted by molar-refractivity contribution is 9.10. The molecule has 1 aliphatic rings. The molecule has 2 N–H and O–H groups in total. The average molecular weight is 325 g/mol. The zero-order valence-electron chi connectivity index (χ0n) is 11.3. The topological polar surface area (TPSA) is 41.1 Å². The van der Waals surface area contributed by atoms with Crippen LogP contribution in [0.15, 0.2) is 28.7 Å². The average Bonchev–Trinajstić information content (AvgIpc) is 2.38. The monoisotopic (exact) mass is 324 g/mol. The second-order valence-electron chi connectivity index (χ2n) is 5.53. The van der Waals surface area contributed by atoms with Gasteiger partial charge in [-0.1, -0.05) is 41.3 Å². The fourth-order valence-electron chi connectivity index (χ4n) is 2.57. The Morgan fingerprint density at radius 2 is 2.05 bits per heavy atom. The molecule has 1 aromatic rings. The summed E-state index contributed by atoms with van der Waals surface area (Å²) in [6.45, 7) is 2.60. The summed E-state index contributed by atoms with van der Waals surface area (Å²) in [6.07, 6.45) is 6.17. The van der Waals surface area contributed by atoms with Gasteiger partial charge >= 0.3 is 0 Å². The number of benzene rings is 1. The molecule has 4 heteroatoms. The zero-order valence-corrected chi connectivity index (χ0v) is 12.9. The SMILES string of the molecule is CC1(NCC(=O)Nc2cccc(Br)c2)CCCCC1. The zero-order chi connectivity index (χ0) is 13.7. The highest BCUT2D eigenvalue weighted by atomic mass is 79.9. The Morgan fingerprint density at radius 3 is 2.74 bits per heavy atom. The van der Waals surface area contributed by atoms with E-state index in [4.69, 9.17) is 0 Å². The first kappa shape index (κ1) is 14.5. The molecular formula is C15H21BrN2O. The first-order valence-electron chi connectivity index (χ1n) is 6.88. The molecule has 104 valence electrons. The summed E-state index contributed by atoms with van der Waals surface area (Å²) in [5.41, 5.74) is 0.960. The minimum absolute atomic E-state index is 0.0184. The lowest BCUT2D eigenvalue weighted by molar-refractivity contribution is -0.115. The molecule has 0 heterocycles. The van der Waals surface area contributed by atoms with E-state index in [1.807, 2.05) is 24.3 Å². The number of carbonyl (C=O) groups is 1. The van der Waals surface area contributed by atoms with Crippen molar-refractivity contribution in [2.75, 3.05) is 11.9 Å². The Labute approximate surface area is 123 Å². The van der Waals surface area contributed by atoms with Gasteiger partial charge in [0.1, 0.15) is 0 Å². The van der Waals surface area contributed by atoms with Crippen LogP contribution in [0.1, 0.15) is 39.0 Å². The van der Waals surface area contributed by atoms with Crippen LogP contribution in [0.3, 0.4) is 0 Å². The van der Waals surface area contributed by atoms with Gasteiger partial charge in [0.25, 0.3) is 0 Å². The van der Waals surface area contributed by atoms with E-state index in [0.29, 0.717) is 6.54 Å². The van der Waals surface area contributed by atoms with E-state index in [1.54, 1.807) is 0 Å². The fraction of sp³-hybridized carbons (Fsp3) is 0.533. The summed E-state index contributed by atoms with van der Waals surface area (Å²) in [4.78, 5) is 11.9. The summed E-state index contributed by atoms with van der Waals surface area (Å²) in [6, 6.07) is 7.65. The van der Waals surface area contributed by atoms with Crippen molar-refractivity contribution < 1.29 is 4.79 Å². The highest BCUT2D eigenvalue weighted by Crippen LogP contribution is 2.27. The van der Waals surface area contributed by atoms with Crippen LogP contribution >= 0.6 is 15.9 Å². The van der Waals surface area contributed by atoms with E-state index in [0.717, 1.165) is 23.0 Å². The first-order valence-corrected chi connectivity index (χ1v) is 7.67. The standard InChI is InChI=1S/C15H21BrN2O/c1-15(8-3-2-4-9-15)17-11-14(19)18-13-7-5-6-12(16)10-13/h5-7,10,17H,2-4,8-9,11H2,1H3,(H,18,19). The lowest BCUT2D eigenvalue weighted by atomic mass is 9.83. The minimum atomic E-state index is 0.0184. The predicted molar refractivity (Wildman–Crippen MR) is 82.3 cm³/mol. The van der Waals surface area contributed by atoms with E-state index < -0.39 is 0 Å². The summed E-state index contributed by atoms with van der Waals surface area (Å²) < 4.78 is 0.970. The van der Waals surface area contributed by atoms with E-state index in [1.165, 1.54) is 19.3 Å². The molecule has 0 atom stereocenters.